The van der Waals surface area contributed by atoms with Gasteiger partial charge < -0.3 is 15.8 Å². The van der Waals surface area contributed by atoms with E-state index in [0.717, 1.165) is 12.1 Å². The first kappa shape index (κ1) is 16.3. The molecule has 3 N–H and O–H groups in total. The molecule has 1 aromatic rings. The Morgan fingerprint density at radius 3 is 2.25 bits per heavy atom. The fourth-order valence-electron chi connectivity index (χ4n) is 1.61. The Hall–Kier alpha value is -1.76. The normalized spacial score (nSPS) is 12.1. The Morgan fingerprint density at radius 1 is 1.25 bits per heavy atom. The molecule has 0 saturated carbocycles. The number of halogens is 3. The van der Waals surface area contributed by atoms with Crippen molar-refractivity contribution in [1.82, 2.24) is 5.32 Å². The summed E-state index contributed by atoms with van der Waals surface area (Å²) in [5.74, 6) is -0.739. The van der Waals surface area contributed by atoms with Gasteiger partial charge in [0.25, 0.3) is 5.91 Å². The average molecular weight is 290 g/mol. The van der Waals surface area contributed by atoms with E-state index >= 15 is 0 Å². The van der Waals surface area contributed by atoms with Crippen LogP contribution in [0.15, 0.2) is 24.3 Å². The zero-order chi connectivity index (χ0) is 15.4. The minimum absolute atomic E-state index is 0.254. The van der Waals surface area contributed by atoms with E-state index in [1.54, 1.807) is 0 Å². The molecule has 0 unspecified atom stereocenters. The maximum Gasteiger partial charge on any atom is 0.573 e. The van der Waals surface area contributed by atoms with Gasteiger partial charge in [0.1, 0.15) is 5.75 Å². The van der Waals surface area contributed by atoms with Crippen LogP contribution in [0.4, 0.5) is 13.2 Å². The predicted octanol–water partition coefficient (Wildman–Crippen LogP) is 2.44. The number of nitrogens with one attached hydrogen (secondary N) is 1. The molecule has 112 valence electrons. The molecule has 4 nitrogen and oxygen atoms in total. The van der Waals surface area contributed by atoms with Crippen LogP contribution >= 0.6 is 0 Å². The molecule has 0 fully saturated rings. The molecule has 0 radical (unpaired) electrons. The monoisotopic (exact) mass is 290 g/mol. The Kier molecular flexibility index (Phi) is 4.99. The standard InChI is InChI=1S/C13H17F3N2O2/c1-12(2,7-8-17)18-11(19)9-3-5-10(6-4-9)20-13(14,15)16/h3-6H,7-8,17H2,1-2H3,(H,18,19). The Morgan fingerprint density at radius 2 is 1.80 bits per heavy atom. The molecule has 7 heteroatoms. The number of alkyl halides is 3. The topological polar surface area (TPSA) is 64.3 Å². The quantitative estimate of drug-likeness (QED) is 0.875. The average Bonchev–Trinajstić information content (AvgIpc) is 2.26. The van der Waals surface area contributed by atoms with Gasteiger partial charge in [0.15, 0.2) is 0 Å². The first-order valence-corrected chi connectivity index (χ1v) is 6.01. The predicted molar refractivity (Wildman–Crippen MR) is 68.3 cm³/mol. The lowest BCUT2D eigenvalue weighted by Gasteiger charge is -2.25. The molecule has 0 atom stereocenters. The Labute approximate surface area is 115 Å². The molecule has 0 spiro atoms. The second kappa shape index (κ2) is 6.13. The highest BCUT2D eigenvalue weighted by molar-refractivity contribution is 5.94. The summed E-state index contributed by atoms with van der Waals surface area (Å²) in [6, 6.07) is 4.74. The van der Waals surface area contributed by atoms with Gasteiger partial charge in [0.05, 0.1) is 0 Å². The SMILES string of the molecule is CC(C)(CCN)NC(=O)c1ccc(OC(F)(F)F)cc1. The number of carbonyl (C=O) groups excluding carboxylic acids is 1. The van der Waals surface area contributed by atoms with E-state index in [4.69, 9.17) is 5.73 Å². The van der Waals surface area contributed by atoms with Gasteiger partial charge in [-0.25, -0.2) is 0 Å². The van der Waals surface area contributed by atoms with Crippen LogP contribution in [0.3, 0.4) is 0 Å². The molecule has 0 bridgehead atoms. The summed E-state index contributed by atoms with van der Waals surface area (Å²) in [6.45, 7) is 4.06. The summed E-state index contributed by atoms with van der Waals surface area (Å²) in [7, 11) is 0. The maximum atomic E-state index is 12.0. The van der Waals surface area contributed by atoms with Crippen LogP contribution in [0.5, 0.6) is 5.75 Å². The summed E-state index contributed by atoms with van der Waals surface area (Å²) in [5.41, 5.74) is 5.21. The van der Waals surface area contributed by atoms with Crippen LogP contribution in [0.1, 0.15) is 30.6 Å². The van der Waals surface area contributed by atoms with Crippen molar-refractivity contribution in [2.24, 2.45) is 5.73 Å². The van der Waals surface area contributed by atoms with E-state index in [2.05, 4.69) is 10.1 Å². The van der Waals surface area contributed by atoms with E-state index in [1.165, 1.54) is 12.1 Å². The van der Waals surface area contributed by atoms with Crippen molar-refractivity contribution in [2.45, 2.75) is 32.2 Å². The van der Waals surface area contributed by atoms with Gasteiger partial charge in [-0.1, -0.05) is 0 Å². The molecule has 0 saturated heterocycles. The van der Waals surface area contributed by atoms with Crippen molar-refractivity contribution >= 4 is 5.91 Å². The lowest BCUT2D eigenvalue weighted by Crippen LogP contribution is -2.44. The van der Waals surface area contributed by atoms with Crippen LogP contribution in [0.2, 0.25) is 0 Å². The van der Waals surface area contributed by atoms with Gasteiger partial charge in [-0.15, -0.1) is 13.2 Å². The fraction of sp³-hybridized carbons (Fsp3) is 0.462. The minimum Gasteiger partial charge on any atom is -0.406 e. The van der Waals surface area contributed by atoms with Gasteiger partial charge >= 0.3 is 6.36 Å². The lowest BCUT2D eigenvalue weighted by molar-refractivity contribution is -0.274. The number of hydrogen-bond acceptors (Lipinski definition) is 3. The van der Waals surface area contributed by atoms with Crippen molar-refractivity contribution < 1.29 is 22.7 Å². The van der Waals surface area contributed by atoms with E-state index in [0.29, 0.717) is 13.0 Å². The molecule has 0 heterocycles. The van der Waals surface area contributed by atoms with Crippen LogP contribution in [-0.2, 0) is 0 Å². The minimum atomic E-state index is -4.74. The number of amides is 1. The zero-order valence-corrected chi connectivity index (χ0v) is 11.3. The second-order valence-electron chi connectivity index (χ2n) is 4.95. The van der Waals surface area contributed by atoms with Crippen LogP contribution < -0.4 is 15.8 Å². The number of nitrogens with two attached hydrogens (primary N) is 1. The Balaban J connectivity index is 2.71. The van der Waals surface area contributed by atoms with Gasteiger partial charge in [0, 0.05) is 11.1 Å². The number of benzene rings is 1. The molecular weight excluding hydrogens is 273 g/mol. The number of carbonyl (C=O) groups is 1. The van der Waals surface area contributed by atoms with E-state index in [1.807, 2.05) is 13.8 Å². The molecule has 0 aromatic heterocycles. The third-order valence-corrected chi connectivity index (χ3v) is 2.57. The summed E-state index contributed by atoms with van der Waals surface area (Å²) in [6.07, 6.45) is -4.15. The van der Waals surface area contributed by atoms with Crippen molar-refractivity contribution in [3.8, 4) is 5.75 Å². The van der Waals surface area contributed by atoms with Crippen LogP contribution in [-0.4, -0.2) is 24.4 Å². The summed E-state index contributed by atoms with van der Waals surface area (Å²) in [5, 5.41) is 2.76. The first-order valence-electron chi connectivity index (χ1n) is 6.01. The number of hydrogen-bond donors (Lipinski definition) is 2. The van der Waals surface area contributed by atoms with E-state index in [-0.39, 0.29) is 17.2 Å². The molecule has 1 rings (SSSR count). The number of ether oxygens (including phenoxy) is 1. The fourth-order valence-corrected chi connectivity index (χ4v) is 1.61. The van der Waals surface area contributed by atoms with E-state index in [9.17, 15) is 18.0 Å². The molecule has 1 aromatic carbocycles. The molecular formula is C13H17F3N2O2. The smallest absolute Gasteiger partial charge is 0.406 e. The highest BCUT2D eigenvalue weighted by Crippen LogP contribution is 2.22. The molecule has 1 amide bonds. The first-order chi connectivity index (χ1) is 9.13. The summed E-state index contributed by atoms with van der Waals surface area (Å²) < 4.78 is 39.7. The molecule has 0 aliphatic heterocycles. The molecule has 0 aliphatic carbocycles. The lowest BCUT2D eigenvalue weighted by atomic mass is 10.00. The van der Waals surface area contributed by atoms with Crippen molar-refractivity contribution in [3.05, 3.63) is 29.8 Å². The van der Waals surface area contributed by atoms with Crippen molar-refractivity contribution in [1.29, 1.82) is 0 Å². The summed E-state index contributed by atoms with van der Waals surface area (Å²) >= 11 is 0. The second-order valence-corrected chi connectivity index (χ2v) is 4.95. The maximum absolute atomic E-state index is 12.0. The van der Waals surface area contributed by atoms with Gasteiger partial charge in [-0.2, -0.15) is 0 Å². The molecule has 20 heavy (non-hydrogen) atoms. The van der Waals surface area contributed by atoms with E-state index < -0.39 is 11.9 Å². The largest absolute Gasteiger partial charge is 0.573 e. The van der Waals surface area contributed by atoms with Gasteiger partial charge in [0.2, 0.25) is 0 Å². The highest BCUT2D eigenvalue weighted by atomic mass is 19.4. The number of rotatable bonds is 5. The summed E-state index contributed by atoms with van der Waals surface area (Å²) in [4.78, 5) is 11.9. The highest BCUT2D eigenvalue weighted by Gasteiger charge is 2.31. The van der Waals surface area contributed by atoms with Gasteiger partial charge in [-0.3, -0.25) is 4.79 Å². The third kappa shape index (κ3) is 5.48. The van der Waals surface area contributed by atoms with Crippen LogP contribution in [0, 0.1) is 0 Å². The van der Waals surface area contributed by atoms with Crippen molar-refractivity contribution in [2.75, 3.05) is 6.54 Å². The van der Waals surface area contributed by atoms with Crippen molar-refractivity contribution in [3.63, 3.8) is 0 Å². The van der Waals surface area contributed by atoms with Crippen LogP contribution in [0.25, 0.3) is 0 Å². The van der Waals surface area contributed by atoms with Gasteiger partial charge in [-0.05, 0) is 51.1 Å². The Bertz CT molecular complexity index is 456. The molecule has 0 aliphatic rings. The zero-order valence-electron chi connectivity index (χ0n) is 11.3. The third-order valence-electron chi connectivity index (χ3n) is 2.57.